The molecule has 1 aromatic carbocycles. The SMILES string of the molecule is O=C(NC(CN1CCCC1)c1ccccc1)C1CCN(C(=O)c2ccco2)CC1. The molecule has 29 heavy (non-hydrogen) atoms. The Morgan fingerprint density at radius 2 is 1.72 bits per heavy atom. The van der Waals surface area contributed by atoms with Gasteiger partial charge in [0, 0.05) is 25.6 Å². The summed E-state index contributed by atoms with van der Waals surface area (Å²) in [6.45, 7) is 4.23. The third-order valence-electron chi connectivity index (χ3n) is 6.04. The number of benzene rings is 1. The molecule has 3 heterocycles. The van der Waals surface area contributed by atoms with Gasteiger partial charge in [0.25, 0.3) is 5.91 Å². The van der Waals surface area contributed by atoms with Gasteiger partial charge in [0.05, 0.1) is 12.3 Å². The fourth-order valence-corrected chi connectivity index (χ4v) is 4.33. The lowest BCUT2D eigenvalue weighted by atomic mass is 9.94. The Kier molecular flexibility index (Phi) is 6.30. The van der Waals surface area contributed by atoms with E-state index >= 15 is 0 Å². The van der Waals surface area contributed by atoms with Crippen molar-refractivity contribution < 1.29 is 14.0 Å². The molecule has 1 unspecified atom stereocenters. The van der Waals surface area contributed by atoms with E-state index < -0.39 is 0 Å². The fraction of sp³-hybridized carbons (Fsp3) is 0.478. The number of likely N-dealkylation sites (tertiary alicyclic amines) is 2. The molecule has 0 aliphatic carbocycles. The van der Waals surface area contributed by atoms with Gasteiger partial charge in [-0.3, -0.25) is 9.59 Å². The van der Waals surface area contributed by atoms with Crippen LogP contribution in [0, 0.1) is 5.92 Å². The molecular formula is C23H29N3O3. The number of furan rings is 1. The molecule has 2 aliphatic heterocycles. The molecular weight excluding hydrogens is 366 g/mol. The van der Waals surface area contributed by atoms with Gasteiger partial charge in [-0.1, -0.05) is 30.3 Å². The first-order chi connectivity index (χ1) is 14.2. The quantitative estimate of drug-likeness (QED) is 0.816. The summed E-state index contributed by atoms with van der Waals surface area (Å²) in [5.74, 6) is 0.316. The zero-order valence-electron chi connectivity index (χ0n) is 16.8. The normalized spacial score (nSPS) is 19.2. The summed E-state index contributed by atoms with van der Waals surface area (Å²) in [5, 5.41) is 3.30. The molecule has 154 valence electrons. The fourth-order valence-electron chi connectivity index (χ4n) is 4.33. The number of carbonyl (C=O) groups is 2. The molecule has 6 heteroatoms. The molecule has 4 rings (SSSR count). The number of piperidine rings is 1. The summed E-state index contributed by atoms with van der Waals surface area (Å²) in [5.41, 5.74) is 1.15. The van der Waals surface area contributed by atoms with Gasteiger partial charge in [0.2, 0.25) is 5.91 Å². The minimum atomic E-state index is -0.0925. The van der Waals surface area contributed by atoms with Gasteiger partial charge in [0.15, 0.2) is 5.76 Å². The topological polar surface area (TPSA) is 65.8 Å². The van der Waals surface area contributed by atoms with E-state index in [1.165, 1.54) is 19.1 Å². The second-order valence-electron chi connectivity index (χ2n) is 8.02. The van der Waals surface area contributed by atoms with E-state index in [0.29, 0.717) is 31.7 Å². The van der Waals surface area contributed by atoms with Crippen LogP contribution in [0.1, 0.15) is 47.8 Å². The van der Waals surface area contributed by atoms with Crippen LogP contribution in [-0.2, 0) is 4.79 Å². The second-order valence-corrected chi connectivity index (χ2v) is 8.02. The van der Waals surface area contributed by atoms with E-state index in [2.05, 4.69) is 22.3 Å². The summed E-state index contributed by atoms with van der Waals surface area (Å²) in [7, 11) is 0. The average molecular weight is 396 g/mol. The van der Waals surface area contributed by atoms with E-state index in [1.807, 2.05) is 18.2 Å². The summed E-state index contributed by atoms with van der Waals surface area (Å²) in [6, 6.07) is 13.6. The number of hydrogen-bond donors (Lipinski definition) is 1. The lowest BCUT2D eigenvalue weighted by Gasteiger charge is -2.32. The number of hydrogen-bond acceptors (Lipinski definition) is 4. The maximum atomic E-state index is 13.0. The third-order valence-corrected chi connectivity index (χ3v) is 6.04. The van der Waals surface area contributed by atoms with Crippen molar-refractivity contribution in [3.05, 3.63) is 60.1 Å². The van der Waals surface area contributed by atoms with E-state index in [0.717, 1.165) is 25.2 Å². The summed E-state index contributed by atoms with van der Waals surface area (Å²) in [6.07, 6.45) is 5.35. The minimum absolute atomic E-state index is 0.00424. The van der Waals surface area contributed by atoms with Crippen LogP contribution in [0.15, 0.2) is 53.1 Å². The van der Waals surface area contributed by atoms with Crippen LogP contribution in [0.3, 0.4) is 0 Å². The van der Waals surface area contributed by atoms with Gasteiger partial charge in [-0.05, 0) is 56.5 Å². The van der Waals surface area contributed by atoms with Gasteiger partial charge in [-0.15, -0.1) is 0 Å². The number of amides is 2. The minimum Gasteiger partial charge on any atom is -0.459 e. The molecule has 0 spiro atoms. The Balaban J connectivity index is 1.35. The molecule has 0 radical (unpaired) electrons. The van der Waals surface area contributed by atoms with Gasteiger partial charge in [-0.25, -0.2) is 0 Å². The Bertz CT molecular complexity index is 792. The van der Waals surface area contributed by atoms with Crippen molar-refractivity contribution in [3.8, 4) is 0 Å². The number of carbonyl (C=O) groups excluding carboxylic acids is 2. The first kappa shape index (κ1) is 19.7. The van der Waals surface area contributed by atoms with Crippen LogP contribution in [0.2, 0.25) is 0 Å². The Morgan fingerprint density at radius 3 is 2.38 bits per heavy atom. The van der Waals surface area contributed by atoms with E-state index in [-0.39, 0.29) is 23.8 Å². The third kappa shape index (κ3) is 4.88. The highest BCUT2D eigenvalue weighted by Crippen LogP contribution is 2.23. The van der Waals surface area contributed by atoms with Crippen molar-refractivity contribution in [2.45, 2.75) is 31.7 Å². The molecule has 1 aromatic heterocycles. The van der Waals surface area contributed by atoms with Crippen molar-refractivity contribution in [1.29, 1.82) is 0 Å². The van der Waals surface area contributed by atoms with Crippen molar-refractivity contribution in [3.63, 3.8) is 0 Å². The van der Waals surface area contributed by atoms with E-state index in [1.54, 1.807) is 17.0 Å². The van der Waals surface area contributed by atoms with Crippen LogP contribution in [0.4, 0.5) is 0 Å². The van der Waals surface area contributed by atoms with Crippen molar-refractivity contribution in [2.24, 2.45) is 5.92 Å². The lowest BCUT2D eigenvalue weighted by Crippen LogP contribution is -2.45. The van der Waals surface area contributed by atoms with Crippen molar-refractivity contribution in [2.75, 3.05) is 32.7 Å². The smallest absolute Gasteiger partial charge is 0.289 e. The highest BCUT2D eigenvalue weighted by atomic mass is 16.3. The van der Waals surface area contributed by atoms with Gasteiger partial charge < -0.3 is 19.5 Å². The maximum Gasteiger partial charge on any atom is 0.289 e. The summed E-state index contributed by atoms with van der Waals surface area (Å²) >= 11 is 0. The first-order valence-corrected chi connectivity index (χ1v) is 10.6. The van der Waals surface area contributed by atoms with Crippen molar-refractivity contribution in [1.82, 2.24) is 15.1 Å². The van der Waals surface area contributed by atoms with Crippen LogP contribution < -0.4 is 5.32 Å². The molecule has 6 nitrogen and oxygen atoms in total. The van der Waals surface area contributed by atoms with Gasteiger partial charge in [0.1, 0.15) is 0 Å². The zero-order chi connectivity index (χ0) is 20.1. The lowest BCUT2D eigenvalue weighted by molar-refractivity contribution is -0.127. The molecule has 2 saturated heterocycles. The zero-order valence-corrected chi connectivity index (χ0v) is 16.8. The Labute approximate surface area is 171 Å². The Hall–Kier alpha value is -2.60. The van der Waals surface area contributed by atoms with Crippen LogP contribution in [0.25, 0.3) is 0 Å². The van der Waals surface area contributed by atoms with E-state index in [9.17, 15) is 9.59 Å². The van der Waals surface area contributed by atoms with Gasteiger partial charge in [-0.2, -0.15) is 0 Å². The summed E-state index contributed by atoms with van der Waals surface area (Å²) < 4.78 is 5.21. The molecule has 1 N–H and O–H groups in total. The van der Waals surface area contributed by atoms with Crippen LogP contribution in [-0.4, -0.2) is 54.3 Å². The van der Waals surface area contributed by atoms with Crippen LogP contribution in [0.5, 0.6) is 0 Å². The molecule has 2 amide bonds. The molecule has 2 aliphatic rings. The molecule has 2 fully saturated rings. The van der Waals surface area contributed by atoms with Crippen molar-refractivity contribution >= 4 is 11.8 Å². The molecule has 1 atom stereocenters. The highest BCUT2D eigenvalue weighted by Gasteiger charge is 2.30. The second kappa shape index (κ2) is 9.27. The molecule has 2 aromatic rings. The summed E-state index contributed by atoms with van der Waals surface area (Å²) in [4.78, 5) is 29.6. The Morgan fingerprint density at radius 1 is 1.00 bits per heavy atom. The predicted molar refractivity (Wildman–Crippen MR) is 110 cm³/mol. The highest BCUT2D eigenvalue weighted by molar-refractivity contribution is 5.91. The number of nitrogens with zero attached hydrogens (tertiary/aromatic N) is 2. The van der Waals surface area contributed by atoms with Crippen LogP contribution >= 0.6 is 0 Å². The van der Waals surface area contributed by atoms with E-state index in [4.69, 9.17) is 4.42 Å². The first-order valence-electron chi connectivity index (χ1n) is 10.6. The number of nitrogens with one attached hydrogen (secondary N) is 1. The molecule has 0 saturated carbocycles. The average Bonchev–Trinajstić information content (AvgIpc) is 3.48. The number of rotatable bonds is 6. The largest absolute Gasteiger partial charge is 0.459 e. The standard InChI is InChI=1S/C23H29N3O3/c27-22(19-10-14-26(15-11-19)23(28)21-9-6-16-29-21)24-20(17-25-12-4-5-13-25)18-7-2-1-3-8-18/h1-3,6-9,16,19-20H,4-5,10-15,17H2,(H,24,27). The predicted octanol–water partition coefficient (Wildman–Crippen LogP) is 3.09. The van der Waals surface area contributed by atoms with Gasteiger partial charge >= 0.3 is 0 Å². The molecule has 0 bridgehead atoms. The maximum absolute atomic E-state index is 13.0. The monoisotopic (exact) mass is 395 g/mol.